The summed E-state index contributed by atoms with van der Waals surface area (Å²) >= 11 is 0. The van der Waals surface area contributed by atoms with Gasteiger partial charge in [-0.15, -0.1) is 5.92 Å². The van der Waals surface area contributed by atoms with E-state index in [4.69, 9.17) is 0 Å². The molecule has 0 aromatic carbocycles. The van der Waals surface area contributed by atoms with Gasteiger partial charge in [0.2, 0.25) is 0 Å². The highest BCUT2D eigenvalue weighted by Gasteiger charge is 2.12. The van der Waals surface area contributed by atoms with Crippen LogP contribution in [0.15, 0.2) is 0 Å². The molecule has 0 heterocycles. The van der Waals surface area contributed by atoms with Crippen LogP contribution in [0.4, 0.5) is 0 Å². The van der Waals surface area contributed by atoms with Crippen LogP contribution < -0.4 is 0 Å². The van der Waals surface area contributed by atoms with Crippen LogP contribution in [0.3, 0.4) is 0 Å². The van der Waals surface area contributed by atoms with Crippen molar-refractivity contribution >= 4 is 0 Å². The maximum atomic E-state index is 9.74. The molecule has 2 atom stereocenters. The zero-order valence-corrected chi connectivity index (χ0v) is 10.0. The van der Waals surface area contributed by atoms with Crippen LogP contribution >= 0.6 is 0 Å². The molecule has 0 aliphatic rings. The molecule has 0 aliphatic heterocycles. The Bertz CT molecular complexity index is 185. The lowest BCUT2D eigenvalue weighted by atomic mass is 9.96. The van der Waals surface area contributed by atoms with E-state index in [1.165, 1.54) is 12.8 Å². The highest BCUT2D eigenvalue weighted by atomic mass is 16.3. The van der Waals surface area contributed by atoms with Crippen LogP contribution in [0.5, 0.6) is 0 Å². The lowest BCUT2D eigenvalue weighted by Crippen LogP contribution is -2.18. The molecule has 1 nitrogen and oxygen atoms in total. The van der Waals surface area contributed by atoms with E-state index in [1.54, 1.807) is 0 Å². The number of rotatable bonds is 5. The van der Waals surface area contributed by atoms with E-state index in [-0.39, 0.29) is 12.0 Å². The third-order valence-electron chi connectivity index (χ3n) is 2.28. The van der Waals surface area contributed by atoms with Gasteiger partial charge in [0.1, 0.15) is 0 Å². The van der Waals surface area contributed by atoms with Gasteiger partial charge in [0.05, 0.1) is 6.10 Å². The van der Waals surface area contributed by atoms with Crippen molar-refractivity contribution in [3.8, 4) is 11.8 Å². The van der Waals surface area contributed by atoms with Gasteiger partial charge >= 0.3 is 0 Å². The van der Waals surface area contributed by atoms with E-state index in [2.05, 4.69) is 32.6 Å². The predicted molar refractivity (Wildman–Crippen MR) is 61.9 cm³/mol. The average Bonchev–Trinajstić information content (AvgIpc) is 2.11. The normalized spacial score (nSPS) is 14.7. The Morgan fingerprint density at radius 1 is 1.21 bits per heavy atom. The van der Waals surface area contributed by atoms with Gasteiger partial charge in [-0.1, -0.05) is 33.1 Å². The first kappa shape index (κ1) is 13.5. The van der Waals surface area contributed by atoms with Crippen LogP contribution in [0.2, 0.25) is 0 Å². The lowest BCUT2D eigenvalue weighted by molar-refractivity contribution is 0.118. The zero-order chi connectivity index (χ0) is 11.0. The molecule has 0 bridgehead atoms. The van der Waals surface area contributed by atoms with E-state index in [1.807, 2.05) is 6.92 Å². The summed E-state index contributed by atoms with van der Waals surface area (Å²) in [6.07, 6.45) is 3.92. The second-order valence-electron chi connectivity index (χ2n) is 4.41. The van der Waals surface area contributed by atoms with Crippen molar-refractivity contribution in [3.05, 3.63) is 0 Å². The Kier molecular flexibility index (Phi) is 7.61. The van der Waals surface area contributed by atoms with Gasteiger partial charge < -0.3 is 5.11 Å². The third kappa shape index (κ3) is 6.97. The molecule has 0 unspecified atom stereocenters. The molecule has 1 heteroatoms. The van der Waals surface area contributed by atoms with Gasteiger partial charge in [-0.3, -0.25) is 0 Å². The molecular formula is C13H24O. The molecule has 0 saturated heterocycles. The Morgan fingerprint density at radius 2 is 1.86 bits per heavy atom. The van der Waals surface area contributed by atoms with Gasteiger partial charge in [-0.25, -0.2) is 0 Å². The standard InChI is InChI=1S/C13H24O/c1-5-6-7-8-9-12(4)13(14)10-11(2)3/h11-14H,5-7,10H2,1-4H3/t12-,13+/m1/s1. The van der Waals surface area contributed by atoms with Crippen molar-refractivity contribution in [2.75, 3.05) is 0 Å². The lowest BCUT2D eigenvalue weighted by Gasteiger charge is -2.15. The average molecular weight is 196 g/mol. The minimum atomic E-state index is -0.260. The molecule has 0 amide bonds. The summed E-state index contributed by atoms with van der Waals surface area (Å²) in [5.41, 5.74) is 0. The molecule has 82 valence electrons. The zero-order valence-electron chi connectivity index (χ0n) is 10.0. The smallest absolute Gasteiger partial charge is 0.0677 e. The maximum absolute atomic E-state index is 9.74. The maximum Gasteiger partial charge on any atom is 0.0677 e. The fourth-order valence-electron chi connectivity index (χ4n) is 1.28. The van der Waals surface area contributed by atoms with Crippen LogP contribution in [0, 0.1) is 23.7 Å². The Balaban J connectivity index is 3.79. The van der Waals surface area contributed by atoms with Gasteiger partial charge in [-0.2, -0.15) is 0 Å². The molecule has 0 aromatic heterocycles. The summed E-state index contributed by atoms with van der Waals surface area (Å²) in [5, 5.41) is 9.74. The summed E-state index contributed by atoms with van der Waals surface area (Å²) in [4.78, 5) is 0. The van der Waals surface area contributed by atoms with E-state index < -0.39 is 0 Å². The fraction of sp³-hybridized carbons (Fsp3) is 0.846. The molecule has 0 aliphatic carbocycles. The van der Waals surface area contributed by atoms with Crippen molar-refractivity contribution in [1.82, 2.24) is 0 Å². The quantitative estimate of drug-likeness (QED) is 0.529. The van der Waals surface area contributed by atoms with E-state index in [0.29, 0.717) is 5.92 Å². The van der Waals surface area contributed by atoms with Gasteiger partial charge in [0.25, 0.3) is 0 Å². The van der Waals surface area contributed by atoms with Crippen molar-refractivity contribution in [2.45, 2.75) is 59.5 Å². The number of aliphatic hydroxyl groups is 1. The van der Waals surface area contributed by atoms with Gasteiger partial charge in [-0.05, 0) is 25.7 Å². The third-order valence-corrected chi connectivity index (χ3v) is 2.28. The minimum Gasteiger partial charge on any atom is -0.392 e. The van der Waals surface area contributed by atoms with E-state index >= 15 is 0 Å². The largest absolute Gasteiger partial charge is 0.392 e. The van der Waals surface area contributed by atoms with Crippen LogP contribution in [0.25, 0.3) is 0 Å². The summed E-state index contributed by atoms with van der Waals surface area (Å²) in [7, 11) is 0. The summed E-state index contributed by atoms with van der Waals surface area (Å²) in [5.74, 6) is 6.92. The number of aliphatic hydroxyl groups excluding tert-OH is 1. The number of unbranched alkanes of at least 4 members (excludes halogenated alkanes) is 2. The van der Waals surface area contributed by atoms with Crippen LogP contribution in [-0.2, 0) is 0 Å². The molecule has 0 rings (SSSR count). The van der Waals surface area contributed by atoms with Crippen molar-refractivity contribution < 1.29 is 5.11 Å². The predicted octanol–water partition coefficient (Wildman–Crippen LogP) is 3.22. The molecule has 0 aromatic rings. The molecule has 0 fully saturated rings. The Labute approximate surface area is 88.9 Å². The molecule has 1 N–H and O–H groups in total. The topological polar surface area (TPSA) is 20.2 Å². The van der Waals surface area contributed by atoms with Gasteiger partial charge in [0.15, 0.2) is 0 Å². The summed E-state index contributed by atoms with van der Waals surface area (Å²) in [6, 6.07) is 0. The van der Waals surface area contributed by atoms with Crippen molar-refractivity contribution in [2.24, 2.45) is 11.8 Å². The highest BCUT2D eigenvalue weighted by Crippen LogP contribution is 2.12. The monoisotopic (exact) mass is 196 g/mol. The molecular weight excluding hydrogens is 172 g/mol. The van der Waals surface area contributed by atoms with Gasteiger partial charge in [0, 0.05) is 12.3 Å². The first-order valence-electron chi connectivity index (χ1n) is 5.74. The second kappa shape index (κ2) is 7.88. The first-order chi connectivity index (χ1) is 6.57. The molecule has 0 saturated carbocycles. The van der Waals surface area contributed by atoms with E-state index in [0.717, 1.165) is 12.8 Å². The summed E-state index contributed by atoms with van der Waals surface area (Å²) in [6.45, 7) is 8.42. The number of hydrogen-bond acceptors (Lipinski definition) is 1. The van der Waals surface area contributed by atoms with E-state index in [9.17, 15) is 5.11 Å². The molecule has 0 radical (unpaired) electrons. The summed E-state index contributed by atoms with van der Waals surface area (Å²) < 4.78 is 0. The minimum absolute atomic E-state index is 0.120. The Hall–Kier alpha value is -0.480. The number of hydrogen-bond donors (Lipinski definition) is 1. The van der Waals surface area contributed by atoms with Crippen LogP contribution in [-0.4, -0.2) is 11.2 Å². The Morgan fingerprint density at radius 3 is 2.36 bits per heavy atom. The van der Waals surface area contributed by atoms with Crippen molar-refractivity contribution in [1.29, 1.82) is 0 Å². The first-order valence-corrected chi connectivity index (χ1v) is 5.74. The highest BCUT2D eigenvalue weighted by molar-refractivity contribution is 5.04. The van der Waals surface area contributed by atoms with Crippen LogP contribution in [0.1, 0.15) is 53.4 Å². The van der Waals surface area contributed by atoms with Crippen molar-refractivity contribution in [3.63, 3.8) is 0 Å². The molecule has 0 spiro atoms. The molecule has 14 heavy (non-hydrogen) atoms. The fourth-order valence-corrected chi connectivity index (χ4v) is 1.28. The SMILES string of the molecule is CCCCC#C[C@@H](C)[C@@H](O)CC(C)C. The second-order valence-corrected chi connectivity index (χ2v) is 4.41.